The molecule has 1 aliphatic rings. The van der Waals surface area contributed by atoms with Crippen LogP contribution in [0.5, 0.6) is 5.75 Å². The van der Waals surface area contributed by atoms with Gasteiger partial charge in [0.2, 0.25) is 5.91 Å². The van der Waals surface area contributed by atoms with Crippen molar-refractivity contribution in [3.05, 3.63) is 24.5 Å². The number of pyridine rings is 1. The maximum atomic E-state index is 12.4. The number of hydrogen-bond donors (Lipinski definition) is 2. The molecule has 8 nitrogen and oxygen atoms in total. The van der Waals surface area contributed by atoms with Crippen molar-refractivity contribution in [2.24, 2.45) is 0 Å². The van der Waals surface area contributed by atoms with Gasteiger partial charge in [-0.15, -0.1) is 0 Å². The molecule has 0 saturated carbocycles. The van der Waals surface area contributed by atoms with Crippen LogP contribution in [0.3, 0.4) is 0 Å². The molecule has 2 N–H and O–H groups in total. The molecule has 0 bridgehead atoms. The quantitative estimate of drug-likeness (QED) is 0.703. The summed E-state index contributed by atoms with van der Waals surface area (Å²) in [7, 11) is 1.57. The number of methoxy groups -OCH3 is 1. The maximum Gasteiger partial charge on any atom is 0.318 e. The number of carbonyl (C=O) groups excluding carboxylic acids is 2. The van der Waals surface area contributed by atoms with Crippen LogP contribution < -0.4 is 15.4 Å². The molecule has 1 saturated heterocycles. The highest BCUT2D eigenvalue weighted by atomic mass is 16.5. The van der Waals surface area contributed by atoms with E-state index in [1.54, 1.807) is 31.6 Å². The number of rotatable bonds is 7. The van der Waals surface area contributed by atoms with Gasteiger partial charge in [0.1, 0.15) is 17.9 Å². The van der Waals surface area contributed by atoms with E-state index in [1.165, 1.54) is 4.90 Å². The fraction of sp³-hybridized carbons (Fsp3) is 0.562. The SMILES string of the molecule is CCNC(=O)N1C[C@@H](Oc2cccnc2)C[C@@H]1C(=O)NCCOC. The van der Waals surface area contributed by atoms with Gasteiger partial charge in [0, 0.05) is 32.8 Å². The number of aromatic nitrogens is 1. The molecule has 2 atom stereocenters. The molecule has 0 aromatic carbocycles. The first-order valence-electron chi connectivity index (χ1n) is 8.03. The van der Waals surface area contributed by atoms with E-state index in [1.807, 2.05) is 6.92 Å². The van der Waals surface area contributed by atoms with E-state index in [0.717, 1.165) is 0 Å². The molecular formula is C16H24N4O4. The minimum Gasteiger partial charge on any atom is -0.487 e. The van der Waals surface area contributed by atoms with Crippen LogP contribution in [0.4, 0.5) is 4.79 Å². The summed E-state index contributed by atoms with van der Waals surface area (Å²) in [4.78, 5) is 30.1. The summed E-state index contributed by atoms with van der Waals surface area (Å²) < 4.78 is 10.8. The Morgan fingerprint density at radius 1 is 1.42 bits per heavy atom. The standard InChI is InChI=1S/C16H24N4O4/c1-3-18-16(22)20-11-13(24-12-5-4-6-17-10-12)9-14(20)15(21)19-7-8-23-2/h4-6,10,13-14H,3,7-9,11H2,1-2H3,(H,18,22)(H,19,21)/t13-,14+/m0/s1. The summed E-state index contributed by atoms with van der Waals surface area (Å²) in [5, 5.41) is 5.52. The number of amides is 3. The zero-order valence-electron chi connectivity index (χ0n) is 14.0. The third-order valence-corrected chi connectivity index (χ3v) is 3.70. The third-order valence-electron chi connectivity index (χ3n) is 3.70. The van der Waals surface area contributed by atoms with Crippen LogP contribution in [-0.2, 0) is 9.53 Å². The average Bonchev–Trinajstić information content (AvgIpc) is 3.00. The summed E-state index contributed by atoms with van der Waals surface area (Å²) in [6, 6.07) is 2.76. The Hall–Kier alpha value is -2.35. The molecular weight excluding hydrogens is 312 g/mol. The second-order valence-corrected chi connectivity index (χ2v) is 5.45. The van der Waals surface area contributed by atoms with E-state index in [0.29, 0.717) is 38.4 Å². The lowest BCUT2D eigenvalue weighted by atomic mass is 10.2. The van der Waals surface area contributed by atoms with E-state index in [-0.39, 0.29) is 18.0 Å². The van der Waals surface area contributed by atoms with Gasteiger partial charge in [-0.2, -0.15) is 0 Å². The highest BCUT2D eigenvalue weighted by Crippen LogP contribution is 2.23. The lowest BCUT2D eigenvalue weighted by Crippen LogP contribution is -2.50. The normalized spacial score (nSPS) is 19.8. The first kappa shape index (κ1) is 18.0. The fourth-order valence-corrected chi connectivity index (χ4v) is 2.61. The van der Waals surface area contributed by atoms with Crippen molar-refractivity contribution in [3.63, 3.8) is 0 Å². The van der Waals surface area contributed by atoms with E-state index in [4.69, 9.17) is 9.47 Å². The second-order valence-electron chi connectivity index (χ2n) is 5.45. The van der Waals surface area contributed by atoms with Crippen molar-refractivity contribution in [3.8, 4) is 5.75 Å². The van der Waals surface area contributed by atoms with Crippen molar-refractivity contribution in [1.29, 1.82) is 0 Å². The topological polar surface area (TPSA) is 92.8 Å². The molecule has 1 fully saturated rings. The summed E-state index contributed by atoms with van der Waals surface area (Å²) in [5.41, 5.74) is 0. The predicted octanol–water partition coefficient (Wildman–Crippen LogP) is 0.395. The van der Waals surface area contributed by atoms with Crippen LogP contribution in [0.25, 0.3) is 0 Å². The van der Waals surface area contributed by atoms with E-state index >= 15 is 0 Å². The Bertz CT molecular complexity index is 540. The summed E-state index contributed by atoms with van der Waals surface area (Å²) in [6.45, 7) is 3.52. The average molecular weight is 336 g/mol. The van der Waals surface area contributed by atoms with Crippen LogP contribution in [0, 0.1) is 0 Å². The first-order chi connectivity index (χ1) is 11.7. The van der Waals surface area contributed by atoms with Crippen molar-refractivity contribution in [2.75, 3.05) is 33.4 Å². The monoisotopic (exact) mass is 336 g/mol. The molecule has 0 radical (unpaired) electrons. The Kier molecular flexibility index (Phi) is 6.80. The Labute approximate surface area is 141 Å². The summed E-state index contributed by atoms with van der Waals surface area (Å²) in [5.74, 6) is 0.425. The lowest BCUT2D eigenvalue weighted by Gasteiger charge is -2.23. The van der Waals surface area contributed by atoms with E-state index < -0.39 is 6.04 Å². The molecule has 1 aromatic heterocycles. The molecule has 8 heteroatoms. The molecule has 3 amide bonds. The molecule has 132 valence electrons. The molecule has 0 aliphatic carbocycles. The maximum absolute atomic E-state index is 12.4. The number of hydrogen-bond acceptors (Lipinski definition) is 5. The number of nitrogens with one attached hydrogen (secondary N) is 2. The Balaban J connectivity index is 2.01. The number of urea groups is 1. The van der Waals surface area contributed by atoms with Crippen LogP contribution in [0.2, 0.25) is 0 Å². The molecule has 2 heterocycles. The molecule has 1 aromatic rings. The van der Waals surface area contributed by atoms with Gasteiger partial charge < -0.3 is 25.0 Å². The lowest BCUT2D eigenvalue weighted by molar-refractivity contribution is -0.124. The third kappa shape index (κ3) is 4.82. The van der Waals surface area contributed by atoms with Crippen molar-refractivity contribution in [2.45, 2.75) is 25.5 Å². The summed E-state index contributed by atoms with van der Waals surface area (Å²) in [6.07, 6.45) is 3.46. The van der Waals surface area contributed by atoms with Gasteiger partial charge in [-0.25, -0.2) is 4.79 Å². The molecule has 24 heavy (non-hydrogen) atoms. The minimum atomic E-state index is -0.560. The van der Waals surface area contributed by atoms with Gasteiger partial charge in [0.25, 0.3) is 0 Å². The Morgan fingerprint density at radius 3 is 2.92 bits per heavy atom. The van der Waals surface area contributed by atoms with E-state index in [2.05, 4.69) is 15.6 Å². The zero-order chi connectivity index (χ0) is 17.4. The van der Waals surface area contributed by atoms with Crippen LogP contribution >= 0.6 is 0 Å². The van der Waals surface area contributed by atoms with Crippen molar-refractivity contribution in [1.82, 2.24) is 20.5 Å². The number of carbonyl (C=O) groups is 2. The van der Waals surface area contributed by atoms with Gasteiger partial charge in [0.15, 0.2) is 0 Å². The largest absolute Gasteiger partial charge is 0.487 e. The molecule has 2 rings (SSSR count). The number of nitrogens with zero attached hydrogens (tertiary/aromatic N) is 2. The van der Waals surface area contributed by atoms with Crippen LogP contribution in [0.15, 0.2) is 24.5 Å². The second kappa shape index (κ2) is 9.07. The highest BCUT2D eigenvalue weighted by molar-refractivity contribution is 5.87. The number of ether oxygens (including phenoxy) is 2. The van der Waals surface area contributed by atoms with Crippen LogP contribution in [-0.4, -0.2) is 67.3 Å². The van der Waals surface area contributed by atoms with Gasteiger partial charge in [-0.1, -0.05) is 0 Å². The smallest absolute Gasteiger partial charge is 0.318 e. The Morgan fingerprint density at radius 2 is 2.25 bits per heavy atom. The molecule has 0 spiro atoms. The minimum absolute atomic E-state index is 0.199. The van der Waals surface area contributed by atoms with Gasteiger partial charge >= 0.3 is 6.03 Å². The van der Waals surface area contributed by atoms with Crippen LogP contribution in [0.1, 0.15) is 13.3 Å². The van der Waals surface area contributed by atoms with Gasteiger partial charge in [0.05, 0.1) is 19.3 Å². The highest BCUT2D eigenvalue weighted by Gasteiger charge is 2.40. The fourth-order valence-electron chi connectivity index (χ4n) is 2.61. The van der Waals surface area contributed by atoms with Gasteiger partial charge in [-0.05, 0) is 19.1 Å². The first-order valence-corrected chi connectivity index (χ1v) is 8.03. The number of likely N-dealkylation sites (tertiary alicyclic amines) is 1. The van der Waals surface area contributed by atoms with Gasteiger partial charge in [-0.3, -0.25) is 9.78 Å². The van der Waals surface area contributed by atoms with Crippen molar-refractivity contribution < 1.29 is 19.1 Å². The summed E-state index contributed by atoms with van der Waals surface area (Å²) >= 11 is 0. The molecule has 0 unspecified atom stereocenters. The molecule has 1 aliphatic heterocycles. The predicted molar refractivity (Wildman–Crippen MR) is 87.7 cm³/mol. The van der Waals surface area contributed by atoms with Crippen molar-refractivity contribution >= 4 is 11.9 Å². The zero-order valence-corrected chi connectivity index (χ0v) is 14.0. The van der Waals surface area contributed by atoms with E-state index in [9.17, 15) is 9.59 Å².